The van der Waals surface area contributed by atoms with Gasteiger partial charge in [-0.3, -0.25) is 14.4 Å². The molecule has 0 aliphatic carbocycles. The van der Waals surface area contributed by atoms with E-state index < -0.39 is 11.8 Å². The van der Waals surface area contributed by atoms with Crippen LogP contribution in [0.4, 0.5) is 0 Å². The van der Waals surface area contributed by atoms with Gasteiger partial charge in [0.1, 0.15) is 0 Å². The summed E-state index contributed by atoms with van der Waals surface area (Å²) in [4.78, 5) is 28.5. The van der Waals surface area contributed by atoms with Gasteiger partial charge in [0, 0.05) is 6.61 Å². The fourth-order valence-electron chi connectivity index (χ4n) is 1.50. The lowest BCUT2D eigenvalue weighted by Gasteiger charge is -2.12. The van der Waals surface area contributed by atoms with Crippen molar-refractivity contribution in [3.05, 3.63) is 35.4 Å². The van der Waals surface area contributed by atoms with Crippen LogP contribution in [-0.4, -0.2) is 35.2 Å². The summed E-state index contributed by atoms with van der Waals surface area (Å²) in [7, 11) is 0. The summed E-state index contributed by atoms with van der Waals surface area (Å²) in [6.07, 6.45) is 0.382. The third kappa shape index (κ3) is 1.70. The molecular formula is C11H11NO4. The fraction of sp³-hybridized carbons (Fsp3) is 0.273. The van der Waals surface area contributed by atoms with Crippen LogP contribution in [0, 0.1) is 0 Å². The van der Waals surface area contributed by atoms with E-state index in [9.17, 15) is 9.59 Å². The predicted molar refractivity (Wildman–Crippen MR) is 54.6 cm³/mol. The molecule has 1 aromatic carbocycles. The molecule has 1 aliphatic rings. The Bertz CT molecular complexity index is 395. The molecule has 1 heterocycles. The maximum Gasteiger partial charge on any atom is 0.285 e. The van der Waals surface area contributed by atoms with Crippen molar-refractivity contribution < 1.29 is 19.5 Å². The highest BCUT2D eigenvalue weighted by Gasteiger charge is 2.36. The summed E-state index contributed by atoms with van der Waals surface area (Å²) in [6.45, 7) is 0.102. The van der Waals surface area contributed by atoms with Crippen LogP contribution in [0.25, 0.3) is 0 Å². The van der Waals surface area contributed by atoms with E-state index in [1.54, 1.807) is 24.3 Å². The Morgan fingerprint density at radius 1 is 1.12 bits per heavy atom. The van der Waals surface area contributed by atoms with Crippen LogP contribution < -0.4 is 0 Å². The maximum absolute atomic E-state index is 11.7. The largest absolute Gasteiger partial charge is 0.396 e. The lowest BCUT2D eigenvalue weighted by atomic mass is 10.1. The minimum atomic E-state index is -0.446. The second-order valence-electron chi connectivity index (χ2n) is 3.36. The molecule has 0 bridgehead atoms. The molecule has 2 amide bonds. The minimum absolute atomic E-state index is 0.0385. The van der Waals surface area contributed by atoms with E-state index in [0.717, 1.165) is 5.06 Å². The Labute approximate surface area is 92.2 Å². The lowest BCUT2D eigenvalue weighted by Crippen LogP contribution is -2.30. The SMILES string of the molecule is O=C1c2ccccc2C(=O)N1O[13CH2][13CH2][13CH2]O. The van der Waals surface area contributed by atoms with Crippen molar-refractivity contribution in [3.8, 4) is 0 Å². The summed E-state index contributed by atoms with van der Waals surface area (Å²) in [5, 5.41) is 9.33. The van der Waals surface area contributed by atoms with Crippen LogP contribution in [0.3, 0.4) is 0 Å². The topological polar surface area (TPSA) is 66.8 Å². The first-order chi connectivity index (χ1) is 7.75. The number of aliphatic hydroxyl groups is 1. The monoisotopic (exact) mass is 224 g/mol. The Morgan fingerprint density at radius 3 is 2.19 bits per heavy atom. The molecule has 1 N–H and O–H groups in total. The molecular weight excluding hydrogens is 213 g/mol. The molecule has 0 saturated carbocycles. The van der Waals surface area contributed by atoms with Gasteiger partial charge in [0.15, 0.2) is 0 Å². The summed E-state index contributed by atoms with van der Waals surface area (Å²) in [5.41, 5.74) is 0.716. The van der Waals surface area contributed by atoms with Crippen molar-refractivity contribution in [1.29, 1.82) is 0 Å². The molecule has 1 aromatic rings. The summed E-state index contributed by atoms with van der Waals surface area (Å²) >= 11 is 0. The first-order valence-electron chi connectivity index (χ1n) is 4.97. The van der Waals surface area contributed by atoms with Gasteiger partial charge >= 0.3 is 0 Å². The van der Waals surface area contributed by atoms with Gasteiger partial charge in [-0.05, 0) is 18.6 Å². The van der Waals surface area contributed by atoms with E-state index in [1.165, 1.54) is 0 Å². The second kappa shape index (κ2) is 4.42. The Hall–Kier alpha value is -1.72. The molecule has 0 fully saturated rings. The number of carbonyl (C=O) groups excluding carboxylic acids is 2. The Morgan fingerprint density at radius 2 is 1.69 bits per heavy atom. The Kier molecular flexibility index (Phi) is 2.98. The van der Waals surface area contributed by atoms with E-state index in [-0.39, 0.29) is 13.2 Å². The van der Waals surface area contributed by atoms with Crippen LogP contribution in [-0.2, 0) is 4.84 Å². The highest BCUT2D eigenvalue weighted by molar-refractivity contribution is 6.20. The van der Waals surface area contributed by atoms with Gasteiger partial charge in [-0.15, -0.1) is 5.06 Å². The first-order valence-corrected chi connectivity index (χ1v) is 4.97. The molecule has 0 atom stereocenters. The average Bonchev–Trinajstić information content (AvgIpc) is 2.55. The van der Waals surface area contributed by atoms with Crippen LogP contribution in [0.1, 0.15) is 27.1 Å². The molecule has 5 nitrogen and oxygen atoms in total. The summed E-state index contributed by atoms with van der Waals surface area (Å²) < 4.78 is 0. The number of rotatable bonds is 4. The number of hydrogen-bond acceptors (Lipinski definition) is 4. The molecule has 2 rings (SSSR count). The smallest absolute Gasteiger partial charge is 0.285 e. The van der Waals surface area contributed by atoms with Crippen molar-refractivity contribution in [3.63, 3.8) is 0 Å². The lowest BCUT2D eigenvalue weighted by molar-refractivity contribution is -0.0940. The van der Waals surface area contributed by atoms with Crippen LogP contribution in [0.15, 0.2) is 24.3 Å². The number of hydroxylamine groups is 2. The zero-order valence-electron chi connectivity index (χ0n) is 8.55. The van der Waals surface area contributed by atoms with Crippen LogP contribution in [0.2, 0.25) is 0 Å². The number of benzene rings is 1. The molecule has 0 aromatic heterocycles. The molecule has 84 valence electrons. The second-order valence-corrected chi connectivity index (χ2v) is 3.36. The van der Waals surface area contributed by atoms with Crippen molar-refractivity contribution in [1.82, 2.24) is 5.06 Å². The quantitative estimate of drug-likeness (QED) is 0.462. The van der Waals surface area contributed by atoms with Crippen LogP contribution >= 0.6 is 0 Å². The van der Waals surface area contributed by atoms with E-state index in [0.29, 0.717) is 17.5 Å². The van der Waals surface area contributed by atoms with Gasteiger partial charge < -0.3 is 5.11 Å². The van der Waals surface area contributed by atoms with Crippen molar-refractivity contribution in [2.45, 2.75) is 6.42 Å². The normalized spacial score (nSPS) is 14.4. The van der Waals surface area contributed by atoms with Crippen molar-refractivity contribution in [2.24, 2.45) is 0 Å². The van der Waals surface area contributed by atoms with Gasteiger partial charge in [0.05, 0.1) is 17.7 Å². The highest BCUT2D eigenvalue weighted by Crippen LogP contribution is 2.22. The number of amides is 2. The van der Waals surface area contributed by atoms with Crippen molar-refractivity contribution >= 4 is 11.8 Å². The summed E-state index contributed by atoms with van der Waals surface area (Å²) in [5.74, 6) is -0.892. The fourth-order valence-corrected chi connectivity index (χ4v) is 1.50. The number of imide groups is 1. The predicted octanol–water partition coefficient (Wildman–Crippen LogP) is 0.597. The van der Waals surface area contributed by atoms with E-state index in [1.807, 2.05) is 0 Å². The van der Waals surface area contributed by atoms with E-state index in [4.69, 9.17) is 9.94 Å². The maximum atomic E-state index is 11.7. The standard InChI is InChI=1S/C11H11NO4/c13-6-3-7-16-12-10(14)8-4-1-2-5-9(8)11(12)15/h1-2,4-5,13H,3,6-7H2/i3+1,6+1,7+1. The summed E-state index contributed by atoms with van der Waals surface area (Å²) in [6, 6.07) is 6.57. The first kappa shape index (κ1) is 10.8. The van der Waals surface area contributed by atoms with Gasteiger partial charge in [-0.1, -0.05) is 12.1 Å². The average molecular weight is 224 g/mol. The van der Waals surface area contributed by atoms with Gasteiger partial charge in [0.25, 0.3) is 11.8 Å². The number of fused-ring (bicyclic) bond motifs is 1. The van der Waals surface area contributed by atoms with Gasteiger partial charge in [-0.25, -0.2) is 0 Å². The Balaban J connectivity index is 2.15. The third-order valence-electron chi connectivity index (χ3n) is 2.28. The molecule has 0 radical (unpaired) electrons. The molecule has 1 aliphatic heterocycles. The highest BCUT2D eigenvalue weighted by atomic mass is 16.7. The van der Waals surface area contributed by atoms with Gasteiger partial charge in [0.2, 0.25) is 0 Å². The molecule has 5 heteroatoms. The number of aliphatic hydroxyl groups excluding tert-OH is 1. The number of nitrogens with zero attached hydrogens (tertiary/aromatic N) is 1. The third-order valence-corrected chi connectivity index (χ3v) is 2.28. The molecule has 0 spiro atoms. The zero-order valence-corrected chi connectivity index (χ0v) is 8.55. The van der Waals surface area contributed by atoms with Crippen LogP contribution in [0.5, 0.6) is 0 Å². The minimum Gasteiger partial charge on any atom is -0.396 e. The van der Waals surface area contributed by atoms with Crippen molar-refractivity contribution in [2.75, 3.05) is 13.2 Å². The van der Waals surface area contributed by atoms with E-state index in [2.05, 4.69) is 0 Å². The molecule has 0 unspecified atom stereocenters. The van der Waals surface area contributed by atoms with E-state index >= 15 is 0 Å². The zero-order chi connectivity index (χ0) is 11.5. The molecule has 16 heavy (non-hydrogen) atoms. The van der Waals surface area contributed by atoms with Gasteiger partial charge in [-0.2, -0.15) is 0 Å². The number of hydrogen-bond donors (Lipinski definition) is 1. The molecule has 0 saturated heterocycles. The number of carbonyl (C=O) groups is 2.